The molecule has 0 amide bonds. The molecule has 2 nitrogen and oxygen atoms in total. The predicted octanol–water partition coefficient (Wildman–Crippen LogP) is 4.24. The van der Waals surface area contributed by atoms with Crippen LogP contribution in [-0.4, -0.2) is 18.1 Å². The van der Waals surface area contributed by atoms with Gasteiger partial charge in [-0.25, -0.2) is 4.39 Å². The van der Waals surface area contributed by atoms with Crippen molar-refractivity contribution in [3.8, 4) is 0 Å². The summed E-state index contributed by atoms with van der Waals surface area (Å²) in [5.41, 5.74) is 7.17. The highest BCUT2D eigenvalue weighted by Crippen LogP contribution is 2.37. The van der Waals surface area contributed by atoms with E-state index in [0.717, 1.165) is 25.9 Å². The minimum absolute atomic E-state index is 0.208. The van der Waals surface area contributed by atoms with Crippen molar-refractivity contribution in [2.75, 3.05) is 18.0 Å². The number of piperidine rings is 1. The Morgan fingerprint density at radius 1 is 1.45 bits per heavy atom. The number of anilines is 1. The van der Waals surface area contributed by atoms with E-state index in [-0.39, 0.29) is 10.8 Å². The standard InChI is InChI=1S/C15H20BrFN2S/c1-3-15(2)6-8-19(9-7-15)11-5-4-10(14(18)20)12(16)13(11)17/h4-5H,3,6-9H2,1-2H3,(H2,18,20). The molecule has 5 heteroatoms. The Bertz CT molecular complexity index is 525. The third kappa shape index (κ3) is 2.98. The van der Waals surface area contributed by atoms with Crippen LogP contribution in [0, 0.1) is 11.2 Å². The Morgan fingerprint density at radius 2 is 2.05 bits per heavy atom. The van der Waals surface area contributed by atoms with Crippen LogP contribution >= 0.6 is 28.1 Å². The van der Waals surface area contributed by atoms with E-state index in [1.165, 1.54) is 6.42 Å². The monoisotopic (exact) mass is 358 g/mol. The smallest absolute Gasteiger partial charge is 0.161 e. The number of halogens is 2. The molecule has 0 bridgehead atoms. The second kappa shape index (κ2) is 5.98. The highest BCUT2D eigenvalue weighted by Gasteiger charge is 2.29. The molecule has 110 valence electrons. The van der Waals surface area contributed by atoms with Gasteiger partial charge in [-0.3, -0.25) is 0 Å². The maximum absolute atomic E-state index is 14.5. The van der Waals surface area contributed by atoms with Gasteiger partial charge >= 0.3 is 0 Å². The minimum Gasteiger partial charge on any atom is -0.389 e. The van der Waals surface area contributed by atoms with Gasteiger partial charge in [0, 0.05) is 18.7 Å². The number of benzene rings is 1. The van der Waals surface area contributed by atoms with Crippen LogP contribution in [0.5, 0.6) is 0 Å². The lowest BCUT2D eigenvalue weighted by Crippen LogP contribution is -2.39. The first-order valence-electron chi connectivity index (χ1n) is 6.91. The quantitative estimate of drug-likeness (QED) is 0.819. The van der Waals surface area contributed by atoms with E-state index >= 15 is 0 Å². The van der Waals surface area contributed by atoms with E-state index in [1.807, 2.05) is 0 Å². The number of nitrogens with two attached hydrogens (primary N) is 1. The molecule has 1 aliphatic heterocycles. The molecule has 1 aliphatic rings. The summed E-state index contributed by atoms with van der Waals surface area (Å²) in [5.74, 6) is -0.268. The molecule has 0 spiro atoms. The second-order valence-corrected chi connectivity index (χ2v) is 7.01. The Balaban J connectivity index is 2.23. The van der Waals surface area contributed by atoms with Crippen molar-refractivity contribution >= 4 is 38.8 Å². The van der Waals surface area contributed by atoms with Crippen molar-refractivity contribution in [2.24, 2.45) is 11.1 Å². The molecule has 1 heterocycles. The molecule has 0 atom stereocenters. The summed E-state index contributed by atoms with van der Waals surface area (Å²) in [6, 6.07) is 3.57. The topological polar surface area (TPSA) is 29.3 Å². The lowest BCUT2D eigenvalue weighted by Gasteiger charge is -2.40. The molecule has 0 aliphatic carbocycles. The largest absolute Gasteiger partial charge is 0.389 e. The molecule has 2 rings (SSSR count). The summed E-state index contributed by atoms with van der Waals surface area (Å²) in [4.78, 5) is 2.32. The van der Waals surface area contributed by atoms with Gasteiger partial charge in [-0.1, -0.05) is 32.5 Å². The molecule has 20 heavy (non-hydrogen) atoms. The first kappa shape index (κ1) is 15.7. The lowest BCUT2D eigenvalue weighted by atomic mass is 9.78. The molecule has 0 saturated carbocycles. The Kier molecular flexibility index (Phi) is 4.69. The number of nitrogens with zero attached hydrogens (tertiary/aromatic N) is 1. The van der Waals surface area contributed by atoms with Gasteiger partial charge < -0.3 is 10.6 Å². The lowest BCUT2D eigenvalue weighted by molar-refractivity contribution is 0.237. The summed E-state index contributed by atoms with van der Waals surface area (Å²) in [6.07, 6.45) is 3.36. The van der Waals surface area contributed by atoms with Gasteiger partial charge in [-0.15, -0.1) is 0 Å². The molecular weight excluding hydrogens is 339 g/mol. The van der Waals surface area contributed by atoms with Gasteiger partial charge in [-0.2, -0.15) is 0 Å². The predicted molar refractivity (Wildman–Crippen MR) is 89.8 cm³/mol. The SMILES string of the molecule is CCC1(C)CCN(c2ccc(C(N)=S)c(Br)c2F)CC1. The molecular formula is C15H20BrFN2S. The van der Waals surface area contributed by atoms with Crippen LogP contribution in [-0.2, 0) is 0 Å². The second-order valence-electron chi connectivity index (χ2n) is 5.78. The summed E-state index contributed by atoms with van der Waals surface area (Å²) >= 11 is 8.19. The third-order valence-corrected chi connectivity index (χ3v) is 5.49. The number of rotatable bonds is 3. The summed E-state index contributed by atoms with van der Waals surface area (Å²) in [5, 5.41) is 0. The van der Waals surface area contributed by atoms with Crippen molar-refractivity contribution in [3.63, 3.8) is 0 Å². The molecule has 0 unspecified atom stereocenters. The number of thiocarbonyl (C=S) groups is 1. The zero-order valence-electron chi connectivity index (χ0n) is 11.9. The highest BCUT2D eigenvalue weighted by molar-refractivity contribution is 9.10. The van der Waals surface area contributed by atoms with E-state index in [0.29, 0.717) is 21.1 Å². The average Bonchev–Trinajstić information content (AvgIpc) is 2.43. The average molecular weight is 359 g/mol. The van der Waals surface area contributed by atoms with Gasteiger partial charge in [-0.05, 0) is 46.3 Å². The van der Waals surface area contributed by atoms with Crippen LogP contribution in [0.15, 0.2) is 16.6 Å². The van der Waals surface area contributed by atoms with E-state index in [1.54, 1.807) is 12.1 Å². The van der Waals surface area contributed by atoms with Crippen molar-refractivity contribution < 1.29 is 4.39 Å². The fraction of sp³-hybridized carbons (Fsp3) is 0.533. The van der Waals surface area contributed by atoms with Gasteiger partial charge in [0.05, 0.1) is 10.2 Å². The minimum atomic E-state index is -0.268. The van der Waals surface area contributed by atoms with Crippen LogP contribution in [0.4, 0.5) is 10.1 Å². The van der Waals surface area contributed by atoms with Crippen LogP contribution in [0.3, 0.4) is 0 Å². The first-order valence-corrected chi connectivity index (χ1v) is 8.11. The Hall–Kier alpha value is -0.680. The van der Waals surface area contributed by atoms with Crippen LogP contribution in [0.2, 0.25) is 0 Å². The zero-order valence-corrected chi connectivity index (χ0v) is 14.3. The van der Waals surface area contributed by atoms with Gasteiger partial charge in [0.25, 0.3) is 0 Å². The van der Waals surface area contributed by atoms with Crippen molar-refractivity contribution in [1.29, 1.82) is 0 Å². The van der Waals surface area contributed by atoms with Gasteiger partial charge in [0.2, 0.25) is 0 Å². The van der Waals surface area contributed by atoms with Crippen LogP contribution in [0.25, 0.3) is 0 Å². The summed E-state index contributed by atoms with van der Waals surface area (Å²) < 4.78 is 14.8. The summed E-state index contributed by atoms with van der Waals surface area (Å²) in [7, 11) is 0. The van der Waals surface area contributed by atoms with Crippen molar-refractivity contribution in [3.05, 3.63) is 28.0 Å². The molecule has 2 N–H and O–H groups in total. The normalized spacial score (nSPS) is 18.1. The van der Waals surface area contributed by atoms with E-state index in [4.69, 9.17) is 18.0 Å². The number of hydrogen-bond donors (Lipinski definition) is 1. The van der Waals surface area contributed by atoms with E-state index < -0.39 is 0 Å². The van der Waals surface area contributed by atoms with Crippen LogP contribution in [0.1, 0.15) is 38.7 Å². The van der Waals surface area contributed by atoms with Gasteiger partial charge in [0.15, 0.2) is 5.82 Å². The summed E-state index contributed by atoms with van der Waals surface area (Å²) in [6.45, 7) is 6.32. The fourth-order valence-electron chi connectivity index (χ4n) is 2.61. The fourth-order valence-corrected chi connectivity index (χ4v) is 3.47. The van der Waals surface area contributed by atoms with E-state index in [9.17, 15) is 4.39 Å². The highest BCUT2D eigenvalue weighted by atomic mass is 79.9. The first-order chi connectivity index (χ1) is 9.38. The van der Waals surface area contributed by atoms with Crippen molar-refractivity contribution in [1.82, 2.24) is 0 Å². The maximum atomic E-state index is 14.5. The van der Waals surface area contributed by atoms with Crippen molar-refractivity contribution in [2.45, 2.75) is 33.1 Å². The molecule has 0 aromatic heterocycles. The zero-order chi connectivity index (χ0) is 14.9. The molecule has 0 radical (unpaired) electrons. The van der Waals surface area contributed by atoms with Gasteiger partial charge in [0.1, 0.15) is 4.99 Å². The Labute approximate surface area is 133 Å². The maximum Gasteiger partial charge on any atom is 0.161 e. The number of hydrogen-bond acceptors (Lipinski definition) is 2. The molecule has 1 saturated heterocycles. The molecule has 1 aromatic rings. The molecule has 1 aromatic carbocycles. The Morgan fingerprint density at radius 3 is 2.55 bits per heavy atom. The van der Waals surface area contributed by atoms with E-state index in [2.05, 4.69) is 34.7 Å². The third-order valence-electron chi connectivity index (χ3n) is 4.49. The van der Waals surface area contributed by atoms with Crippen LogP contribution < -0.4 is 10.6 Å². The molecule has 1 fully saturated rings.